The standard InChI is InChI=1S/C14H17ClN2/c1-16(2)12-7-5-6-10-8-9-11(15)14(13(10)12)17(3)4/h5-9H,1-4H3. The lowest BCUT2D eigenvalue weighted by Gasteiger charge is -2.22. The zero-order valence-electron chi connectivity index (χ0n) is 10.7. The van der Waals surface area contributed by atoms with Crippen LogP contribution in [0.3, 0.4) is 0 Å². The molecule has 0 bridgehead atoms. The number of fused-ring (bicyclic) bond motifs is 1. The molecule has 0 saturated heterocycles. The first-order valence-electron chi connectivity index (χ1n) is 5.58. The zero-order valence-corrected chi connectivity index (χ0v) is 11.4. The van der Waals surface area contributed by atoms with E-state index in [2.05, 4.69) is 48.2 Å². The SMILES string of the molecule is CN(C)c1cccc2ccc(Cl)c(N(C)C)c12. The molecule has 0 atom stereocenters. The Bertz CT molecular complexity index is 547. The second-order valence-corrected chi connectivity index (χ2v) is 4.97. The van der Waals surface area contributed by atoms with Crippen LogP contribution >= 0.6 is 11.6 Å². The normalized spacial score (nSPS) is 10.6. The van der Waals surface area contributed by atoms with Gasteiger partial charge in [-0.25, -0.2) is 0 Å². The van der Waals surface area contributed by atoms with Crippen molar-refractivity contribution in [2.75, 3.05) is 38.0 Å². The Morgan fingerprint density at radius 1 is 0.882 bits per heavy atom. The minimum Gasteiger partial charge on any atom is -0.377 e. The van der Waals surface area contributed by atoms with Gasteiger partial charge in [-0.05, 0) is 17.5 Å². The van der Waals surface area contributed by atoms with E-state index < -0.39 is 0 Å². The summed E-state index contributed by atoms with van der Waals surface area (Å²) < 4.78 is 0. The number of hydrogen-bond acceptors (Lipinski definition) is 2. The molecule has 2 nitrogen and oxygen atoms in total. The maximum Gasteiger partial charge on any atom is 0.0651 e. The monoisotopic (exact) mass is 248 g/mol. The van der Waals surface area contributed by atoms with E-state index in [-0.39, 0.29) is 0 Å². The average Bonchev–Trinajstić information content (AvgIpc) is 2.27. The molecule has 0 aromatic heterocycles. The Hall–Kier alpha value is -1.41. The highest BCUT2D eigenvalue weighted by Gasteiger charge is 2.12. The topological polar surface area (TPSA) is 6.48 Å². The molecule has 0 radical (unpaired) electrons. The van der Waals surface area contributed by atoms with Crippen LogP contribution in [0.25, 0.3) is 10.8 Å². The number of hydrogen-bond donors (Lipinski definition) is 0. The molecule has 0 N–H and O–H groups in total. The highest BCUT2D eigenvalue weighted by Crippen LogP contribution is 2.38. The van der Waals surface area contributed by atoms with Crippen molar-refractivity contribution in [3.8, 4) is 0 Å². The highest BCUT2D eigenvalue weighted by molar-refractivity contribution is 6.35. The molecule has 0 spiro atoms. The van der Waals surface area contributed by atoms with Crippen LogP contribution in [0.15, 0.2) is 30.3 Å². The van der Waals surface area contributed by atoms with Gasteiger partial charge >= 0.3 is 0 Å². The van der Waals surface area contributed by atoms with Crippen molar-refractivity contribution in [2.45, 2.75) is 0 Å². The molecule has 2 rings (SSSR count). The molecule has 0 aliphatic rings. The van der Waals surface area contributed by atoms with Gasteiger partial charge in [0.15, 0.2) is 0 Å². The largest absolute Gasteiger partial charge is 0.377 e. The van der Waals surface area contributed by atoms with Gasteiger partial charge in [-0.3, -0.25) is 0 Å². The molecule has 3 heteroatoms. The van der Waals surface area contributed by atoms with Crippen molar-refractivity contribution >= 4 is 33.7 Å². The van der Waals surface area contributed by atoms with Crippen LogP contribution in [0, 0.1) is 0 Å². The van der Waals surface area contributed by atoms with Crippen molar-refractivity contribution in [3.63, 3.8) is 0 Å². The maximum atomic E-state index is 6.31. The van der Waals surface area contributed by atoms with E-state index in [0.717, 1.165) is 10.7 Å². The summed E-state index contributed by atoms with van der Waals surface area (Å²) in [5, 5.41) is 3.20. The van der Waals surface area contributed by atoms with E-state index in [4.69, 9.17) is 11.6 Å². The summed E-state index contributed by atoms with van der Waals surface area (Å²) in [6.45, 7) is 0. The molecule has 90 valence electrons. The van der Waals surface area contributed by atoms with Gasteiger partial charge in [-0.15, -0.1) is 0 Å². The van der Waals surface area contributed by atoms with E-state index >= 15 is 0 Å². The molecule has 0 amide bonds. The molecular weight excluding hydrogens is 232 g/mol. The van der Waals surface area contributed by atoms with E-state index in [1.807, 2.05) is 20.2 Å². The summed E-state index contributed by atoms with van der Waals surface area (Å²) >= 11 is 6.31. The summed E-state index contributed by atoms with van der Waals surface area (Å²) in [5.41, 5.74) is 2.27. The third kappa shape index (κ3) is 2.05. The van der Waals surface area contributed by atoms with Gasteiger partial charge < -0.3 is 9.80 Å². The Morgan fingerprint density at radius 3 is 2.18 bits per heavy atom. The van der Waals surface area contributed by atoms with Crippen LogP contribution < -0.4 is 9.80 Å². The third-order valence-corrected chi connectivity index (χ3v) is 3.18. The first kappa shape index (κ1) is 12.1. The molecule has 0 saturated carbocycles. The second kappa shape index (κ2) is 4.46. The molecule has 2 aromatic rings. The van der Waals surface area contributed by atoms with E-state index in [0.29, 0.717) is 0 Å². The first-order chi connectivity index (χ1) is 8.02. The van der Waals surface area contributed by atoms with Crippen LogP contribution in [-0.4, -0.2) is 28.2 Å². The summed E-state index contributed by atoms with van der Waals surface area (Å²) in [5.74, 6) is 0. The molecule has 2 aromatic carbocycles. The predicted octanol–water partition coefficient (Wildman–Crippen LogP) is 3.63. The highest BCUT2D eigenvalue weighted by atomic mass is 35.5. The minimum absolute atomic E-state index is 0.789. The van der Waals surface area contributed by atoms with E-state index in [9.17, 15) is 0 Å². The van der Waals surface area contributed by atoms with Gasteiger partial charge in [0.25, 0.3) is 0 Å². The number of benzene rings is 2. The van der Waals surface area contributed by atoms with Crippen molar-refractivity contribution < 1.29 is 0 Å². The van der Waals surface area contributed by atoms with Crippen molar-refractivity contribution in [2.24, 2.45) is 0 Å². The molecule has 0 fully saturated rings. The van der Waals surface area contributed by atoms with Crippen molar-refractivity contribution in [3.05, 3.63) is 35.4 Å². The Labute approximate surface area is 107 Å². The van der Waals surface area contributed by atoms with Gasteiger partial charge in [0.05, 0.1) is 10.7 Å². The number of rotatable bonds is 2. The molecule has 0 heterocycles. The van der Waals surface area contributed by atoms with Crippen molar-refractivity contribution in [1.82, 2.24) is 0 Å². The summed E-state index contributed by atoms with van der Waals surface area (Å²) in [7, 11) is 8.14. The van der Waals surface area contributed by atoms with E-state index in [1.165, 1.54) is 16.5 Å². The first-order valence-corrected chi connectivity index (χ1v) is 5.96. The number of nitrogens with zero attached hydrogens (tertiary/aromatic N) is 2. The quantitative estimate of drug-likeness (QED) is 0.801. The summed E-state index contributed by atoms with van der Waals surface area (Å²) in [6.07, 6.45) is 0. The second-order valence-electron chi connectivity index (χ2n) is 4.56. The van der Waals surface area contributed by atoms with Gasteiger partial charge in [0.2, 0.25) is 0 Å². The third-order valence-electron chi connectivity index (χ3n) is 2.88. The summed E-state index contributed by atoms with van der Waals surface area (Å²) in [6, 6.07) is 10.3. The van der Waals surface area contributed by atoms with Crippen molar-refractivity contribution in [1.29, 1.82) is 0 Å². The molecule has 0 aliphatic carbocycles. The molecule has 0 unspecified atom stereocenters. The Kier molecular flexibility index (Phi) is 3.16. The summed E-state index contributed by atoms with van der Waals surface area (Å²) in [4.78, 5) is 4.18. The average molecular weight is 249 g/mol. The molecule has 0 aliphatic heterocycles. The molecular formula is C14H17ClN2. The van der Waals surface area contributed by atoms with Crippen LogP contribution in [0.1, 0.15) is 0 Å². The Morgan fingerprint density at radius 2 is 1.59 bits per heavy atom. The lowest BCUT2D eigenvalue weighted by Crippen LogP contribution is -2.13. The fraction of sp³-hybridized carbons (Fsp3) is 0.286. The zero-order chi connectivity index (χ0) is 12.6. The molecule has 17 heavy (non-hydrogen) atoms. The number of halogens is 1. The van der Waals surface area contributed by atoms with E-state index in [1.54, 1.807) is 0 Å². The maximum absolute atomic E-state index is 6.31. The van der Waals surface area contributed by atoms with Gasteiger partial charge in [-0.2, -0.15) is 0 Å². The Balaban J connectivity index is 2.89. The van der Waals surface area contributed by atoms with Crippen LogP contribution in [-0.2, 0) is 0 Å². The van der Waals surface area contributed by atoms with Gasteiger partial charge in [0, 0.05) is 39.3 Å². The lowest BCUT2D eigenvalue weighted by atomic mass is 10.1. The predicted molar refractivity (Wildman–Crippen MR) is 77.6 cm³/mol. The van der Waals surface area contributed by atoms with Crippen LogP contribution in [0.4, 0.5) is 11.4 Å². The fourth-order valence-electron chi connectivity index (χ4n) is 2.13. The van der Waals surface area contributed by atoms with Crippen LogP contribution in [0.2, 0.25) is 5.02 Å². The van der Waals surface area contributed by atoms with Gasteiger partial charge in [-0.1, -0.05) is 29.8 Å². The lowest BCUT2D eigenvalue weighted by molar-refractivity contribution is 1.12. The minimum atomic E-state index is 0.789. The fourth-order valence-corrected chi connectivity index (χ4v) is 2.45. The van der Waals surface area contributed by atoms with Gasteiger partial charge in [0.1, 0.15) is 0 Å². The number of anilines is 2. The smallest absolute Gasteiger partial charge is 0.0651 e. The van der Waals surface area contributed by atoms with Crippen LogP contribution in [0.5, 0.6) is 0 Å².